The predicted molar refractivity (Wildman–Crippen MR) is 70.6 cm³/mol. The summed E-state index contributed by atoms with van der Waals surface area (Å²) in [6.07, 6.45) is 3.99. The summed E-state index contributed by atoms with van der Waals surface area (Å²) in [6, 6.07) is 6.79. The molecule has 0 bridgehead atoms. The zero-order valence-corrected chi connectivity index (χ0v) is 11.7. The van der Waals surface area contributed by atoms with Crippen LogP contribution in [0.2, 0.25) is 0 Å². The number of benzene rings is 1. The van der Waals surface area contributed by atoms with Gasteiger partial charge in [0.05, 0.1) is 4.90 Å². The van der Waals surface area contributed by atoms with Crippen molar-refractivity contribution >= 4 is 21.0 Å². The Labute approximate surface area is 106 Å². The van der Waals surface area contributed by atoms with Crippen molar-refractivity contribution in [1.29, 1.82) is 0 Å². The van der Waals surface area contributed by atoms with E-state index in [2.05, 4.69) is 6.26 Å². The average Bonchev–Trinajstić information content (AvgIpc) is 2.64. The van der Waals surface area contributed by atoms with Crippen molar-refractivity contribution in [3.8, 4) is 0 Å². The summed E-state index contributed by atoms with van der Waals surface area (Å²) in [4.78, 5) is 0.256. The molecule has 0 amide bonds. The van der Waals surface area contributed by atoms with Crippen molar-refractivity contribution in [3.63, 3.8) is 0 Å². The number of rotatable bonds is 3. The number of hydrogen-bond acceptors (Lipinski definition) is 3. The van der Waals surface area contributed by atoms with Gasteiger partial charge >= 0.3 is 10.1 Å². The highest BCUT2D eigenvalue weighted by molar-refractivity contribution is 7.97. The molecular formula is C12H17O3S2+. The van der Waals surface area contributed by atoms with E-state index in [9.17, 15) is 8.42 Å². The number of aryl methyl sites for hydroxylation is 1. The van der Waals surface area contributed by atoms with Crippen LogP contribution < -0.4 is 0 Å². The molecule has 0 aromatic heterocycles. The zero-order chi connectivity index (χ0) is 12.5. The van der Waals surface area contributed by atoms with Gasteiger partial charge < -0.3 is 0 Å². The largest absolute Gasteiger partial charge is 0.301 e. The molecule has 1 aliphatic heterocycles. The van der Waals surface area contributed by atoms with Crippen molar-refractivity contribution in [2.24, 2.45) is 0 Å². The van der Waals surface area contributed by atoms with E-state index in [1.54, 1.807) is 24.3 Å². The van der Waals surface area contributed by atoms with Gasteiger partial charge in [-0.1, -0.05) is 17.7 Å². The van der Waals surface area contributed by atoms with Crippen LogP contribution in [0.3, 0.4) is 0 Å². The molecule has 17 heavy (non-hydrogen) atoms. The Hall–Kier alpha value is -0.520. The minimum atomic E-state index is -3.59. The Bertz CT molecular complexity index is 479. The molecule has 94 valence electrons. The van der Waals surface area contributed by atoms with E-state index in [1.165, 1.54) is 0 Å². The first-order valence-electron chi connectivity index (χ1n) is 5.60. The maximum Gasteiger partial charge on any atom is 0.301 e. The molecule has 0 saturated carbocycles. The molecule has 1 aromatic carbocycles. The second-order valence-electron chi connectivity index (χ2n) is 4.33. The molecular weight excluding hydrogens is 256 g/mol. The Morgan fingerprint density at radius 1 is 1.29 bits per heavy atom. The second-order valence-corrected chi connectivity index (χ2v) is 8.22. The highest BCUT2D eigenvalue weighted by Crippen LogP contribution is 2.25. The Morgan fingerprint density at radius 3 is 2.47 bits per heavy atom. The maximum atomic E-state index is 12.0. The van der Waals surface area contributed by atoms with Crippen LogP contribution in [0.15, 0.2) is 29.2 Å². The fourth-order valence-corrected chi connectivity index (χ4v) is 5.09. The van der Waals surface area contributed by atoms with Gasteiger partial charge in [0, 0.05) is 17.3 Å². The van der Waals surface area contributed by atoms with E-state index in [1.807, 2.05) is 6.92 Å². The van der Waals surface area contributed by atoms with Crippen LogP contribution in [-0.2, 0) is 25.2 Å². The molecule has 1 aromatic rings. The standard InChI is InChI=1S/C12H17O3S2/c1-10-5-7-11(8-6-10)17(13,14)15-12-4-3-9-16(12)2/h5-8,12H,3-4,9H2,1-2H3/q+1. The van der Waals surface area contributed by atoms with Gasteiger partial charge in [0.1, 0.15) is 12.0 Å². The second kappa shape index (κ2) is 5.00. The van der Waals surface area contributed by atoms with Crippen LogP contribution in [0.5, 0.6) is 0 Å². The Balaban J connectivity index is 2.16. The molecule has 2 atom stereocenters. The van der Waals surface area contributed by atoms with Crippen molar-refractivity contribution in [3.05, 3.63) is 29.8 Å². The van der Waals surface area contributed by atoms with E-state index in [4.69, 9.17) is 4.18 Å². The summed E-state index contributed by atoms with van der Waals surface area (Å²) in [7, 11) is -3.52. The highest BCUT2D eigenvalue weighted by atomic mass is 32.2. The minimum absolute atomic E-state index is 0.0633. The fraction of sp³-hybridized carbons (Fsp3) is 0.500. The van der Waals surface area contributed by atoms with Gasteiger partial charge in [0.2, 0.25) is 5.44 Å². The lowest BCUT2D eigenvalue weighted by Crippen LogP contribution is -2.23. The lowest BCUT2D eigenvalue weighted by molar-refractivity contribution is 0.286. The third kappa shape index (κ3) is 3.03. The van der Waals surface area contributed by atoms with E-state index >= 15 is 0 Å². The summed E-state index contributed by atoms with van der Waals surface area (Å²) in [5.74, 6) is 1.08. The lowest BCUT2D eigenvalue weighted by Gasteiger charge is -2.10. The van der Waals surface area contributed by atoms with Gasteiger partial charge in [-0.15, -0.1) is 0 Å². The van der Waals surface area contributed by atoms with E-state index < -0.39 is 10.1 Å². The van der Waals surface area contributed by atoms with E-state index in [0.29, 0.717) is 0 Å². The summed E-state index contributed by atoms with van der Waals surface area (Å²) in [6.45, 7) is 1.93. The third-order valence-electron chi connectivity index (χ3n) is 2.90. The zero-order valence-electron chi connectivity index (χ0n) is 10.0. The van der Waals surface area contributed by atoms with Gasteiger partial charge in [-0.25, -0.2) is 4.18 Å². The highest BCUT2D eigenvalue weighted by Gasteiger charge is 2.37. The molecule has 1 heterocycles. The SMILES string of the molecule is Cc1ccc(S(=O)(=O)OC2CCC[S+]2C)cc1. The van der Waals surface area contributed by atoms with Gasteiger partial charge in [-0.05, 0) is 25.5 Å². The Kier molecular flexibility index (Phi) is 3.80. The van der Waals surface area contributed by atoms with Crippen LogP contribution in [-0.4, -0.2) is 25.9 Å². The van der Waals surface area contributed by atoms with E-state index in [0.717, 1.165) is 24.2 Å². The number of hydrogen-bond donors (Lipinski definition) is 0. The summed E-state index contributed by atoms with van der Waals surface area (Å²) < 4.78 is 29.4. The van der Waals surface area contributed by atoms with Crippen molar-refractivity contribution < 1.29 is 12.6 Å². The molecule has 0 radical (unpaired) electrons. The normalized spacial score (nSPS) is 25.1. The summed E-state index contributed by atoms with van der Waals surface area (Å²) in [5, 5.41) is 0. The fourth-order valence-electron chi connectivity index (χ4n) is 1.83. The molecule has 5 heteroatoms. The maximum absolute atomic E-state index is 12.0. The van der Waals surface area contributed by atoms with Crippen LogP contribution in [0.25, 0.3) is 0 Å². The van der Waals surface area contributed by atoms with Crippen LogP contribution in [0.1, 0.15) is 18.4 Å². The first-order valence-corrected chi connectivity index (χ1v) is 8.88. The minimum Gasteiger partial charge on any atom is -0.213 e. The quantitative estimate of drug-likeness (QED) is 0.625. The molecule has 3 nitrogen and oxygen atoms in total. The van der Waals surface area contributed by atoms with Crippen molar-refractivity contribution in [2.75, 3.05) is 12.0 Å². The third-order valence-corrected chi connectivity index (χ3v) is 6.52. The van der Waals surface area contributed by atoms with E-state index in [-0.39, 0.29) is 21.2 Å². The van der Waals surface area contributed by atoms with Gasteiger partial charge in [-0.2, -0.15) is 8.42 Å². The van der Waals surface area contributed by atoms with Gasteiger partial charge in [0.25, 0.3) is 0 Å². The molecule has 0 spiro atoms. The summed E-state index contributed by atoms with van der Waals surface area (Å²) in [5.41, 5.74) is 0.918. The molecule has 2 unspecified atom stereocenters. The first kappa shape index (κ1) is 12.9. The van der Waals surface area contributed by atoms with Crippen molar-refractivity contribution in [2.45, 2.75) is 30.1 Å². The smallest absolute Gasteiger partial charge is 0.213 e. The molecule has 0 aliphatic carbocycles. The monoisotopic (exact) mass is 273 g/mol. The van der Waals surface area contributed by atoms with Crippen molar-refractivity contribution in [1.82, 2.24) is 0 Å². The molecule has 1 aliphatic rings. The van der Waals surface area contributed by atoms with Crippen LogP contribution in [0, 0.1) is 6.92 Å². The average molecular weight is 273 g/mol. The molecule has 1 saturated heterocycles. The lowest BCUT2D eigenvalue weighted by atomic mass is 10.2. The van der Waals surface area contributed by atoms with Crippen LogP contribution in [0.4, 0.5) is 0 Å². The molecule has 1 fully saturated rings. The molecule has 0 N–H and O–H groups in total. The first-order chi connectivity index (χ1) is 7.99. The predicted octanol–water partition coefficient (Wildman–Crippen LogP) is 2.07. The topological polar surface area (TPSA) is 43.4 Å². The van der Waals surface area contributed by atoms with Gasteiger partial charge in [0.15, 0.2) is 0 Å². The Morgan fingerprint density at radius 2 is 1.94 bits per heavy atom. The van der Waals surface area contributed by atoms with Crippen LogP contribution >= 0.6 is 0 Å². The molecule has 2 rings (SSSR count). The van der Waals surface area contributed by atoms with Gasteiger partial charge in [-0.3, -0.25) is 0 Å². The summed E-state index contributed by atoms with van der Waals surface area (Å²) >= 11 is 0.